The third-order valence-electron chi connectivity index (χ3n) is 3.73. The SMILES string of the molecule is NC(c1ccccc1)C1(CO)CCCC1. The fraction of sp³-hybridized carbons (Fsp3) is 0.538. The van der Waals surface area contributed by atoms with Crippen molar-refractivity contribution in [1.82, 2.24) is 0 Å². The van der Waals surface area contributed by atoms with Crippen LogP contribution in [0.25, 0.3) is 0 Å². The molecule has 0 aromatic heterocycles. The molecule has 1 aliphatic carbocycles. The van der Waals surface area contributed by atoms with Crippen molar-refractivity contribution in [1.29, 1.82) is 0 Å². The summed E-state index contributed by atoms with van der Waals surface area (Å²) < 4.78 is 0. The lowest BCUT2D eigenvalue weighted by atomic mass is 9.76. The molecule has 1 fully saturated rings. The first-order chi connectivity index (χ1) is 7.28. The Morgan fingerprint density at radius 1 is 1.20 bits per heavy atom. The minimum absolute atomic E-state index is 0.0220. The van der Waals surface area contributed by atoms with Crippen molar-refractivity contribution in [2.45, 2.75) is 31.7 Å². The predicted octanol–water partition coefficient (Wildman–Crippen LogP) is 2.24. The van der Waals surface area contributed by atoms with Crippen molar-refractivity contribution in [2.75, 3.05) is 6.61 Å². The van der Waals surface area contributed by atoms with Crippen LogP contribution >= 0.6 is 0 Å². The molecule has 0 aliphatic heterocycles. The summed E-state index contributed by atoms with van der Waals surface area (Å²) in [5, 5.41) is 9.57. The van der Waals surface area contributed by atoms with E-state index in [0.717, 1.165) is 18.4 Å². The summed E-state index contributed by atoms with van der Waals surface area (Å²) in [6.45, 7) is 0.211. The van der Waals surface area contributed by atoms with Crippen LogP contribution in [-0.2, 0) is 0 Å². The number of nitrogens with two attached hydrogens (primary N) is 1. The van der Waals surface area contributed by atoms with Gasteiger partial charge in [-0.3, -0.25) is 0 Å². The summed E-state index contributed by atoms with van der Waals surface area (Å²) in [6.07, 6.45) is 4.50. The van der Waals surface area contributed by atoms with Gasteiger partial charge in [0.1, 0.15) is 0 Å². The van der Waals surface area contributed by atoms with Gasteiger partial charge in [-0.25, -0.2) is 0 Å². The first-order valence-electron chi connectivity index (χ1n) is 5.70. The molecule has 0 bridgehead atoms. The summed E-state index contributed by atoms with van der Waals surface area (Å²) >= 11 is 0. The molecule has 0 saturated heterocycles. The molecule has 0 radical (unpaired) electrons. The van der Waals surface area contributed by atoms with Crippen LogP contribution in [0.4, 0.5) is 0 Å². The maximum atomic E-state index is 9.57. The highest BCUT2D eigenvalue weighted by molar-refractivity contribution is 5.21. The highest BCUT2D eigenvalue weighted by Crippen LogP contribution is 2.45. The van der Waals surface area contributed by atoms with Gasteiger partial charge in [0.15, 0.2) is 0 Å². The van der Waals surface area contributed by atoms with E-state index in [1.165, 1.54) is 12.8 Å². The number of benzene rings is 1. The lowest BCUT2D eigenvalue weighted by Gasteiger charge is -2.33. The van der Waals surface area contributed by atoms with E-state index in [-0.39, 0.29) is 18.1 Å². The molecule has 2 nitrogen and oxygen atoms in total. The lowest BCUT2D eigenvalue weighted by molar-refractivity contribution is 0.102. The van der Waals surface area contributed by atoms with Crippen LogP contribution in [0.3, 0.4) is 0 Å². The molecule has 2 heteroatoms. The van der Waals surface area contributed by atoms with Crippen molar-refractivity contribution < 1.29 is 5.11 Å². The second-order valence-electron chi connectivity index (χ2n) is 4.62. The standard InChI is InChI=1S/C13H19NO/c14-12(11-6-2-1-3-7-11)13(10-15)8-4-5-9-13/h1-3,6-7,12,15H,4-5,8-10,14H2. The second kappa shape index (κ2) is 4.33. The van der Waals surface area contributed by atoms with Crippen LogP contribution in [-0.4, -0.2) is 11.7 Å². The van der Waals surface area contributed by atoms with E-state index >= 15 is 0 Å². The van der Waals surface area contributed by atoms with E-state index in [0.29, 0.717) is 0 Å². The topological polar surface area (TPSA) is 46.2 Å². The minimum Gasteiger partial charge on any atom is -0.396 e. The van der Waals surface area contributed by atoms with Crippen LogP contribution in [0.15, 0.2) is 30.3 Å². The summed E-state index contributed by atoms with van der Waals surface area (Å²) in [5.74, 6) is 0. The Morgan fingerprint density at radius 2 is 1.80 bits per heavy atom. The molecular weight excluding hydrogens is 186 g/mol. The van der Waals surface area contributed by atoms with Crippen molar-refractivity contribution in [2.24, 2.45) is 11.1 Å². The molecular formula is C13H19NO. The Morgan fingerprint density at radius 3 is 2.33 bits per heavy atom. The molecule has 82 valence electrons. The van der Waals surface area contributed by atoms with Crippen molar-refractivity contribution in [3.63, 3.8) is 0 Å². The third-order valence-corrected chi connectivity index (χ3v) is 3.73. The molecule has 0 heterocycles. The Hall–Kier alpha value is -0.860. The molecule has 1 saturated carbocycles. The van der Waals surface area contributed by atoms with Gasteiger partial charge >= 0.3 is 0 Å². The van der Waals surface area contributed by atoms with Gasteiger partial charge < -0.3 is 10.8 Å². The Balaban J connectivity index is 2.22. The van der Waals surface area contributed by atoms with Crippen LogP contribution in [0.5, 0.6) is 0 Å². The zero-order valence-corrected chi connectivity index (χ0v) is 9.02. The van der Waals surface area contributed by atoms with Gasteiger partial charge in [-0.1, -0.05) is 43.2 Å². The average Bonchev–Trinajstić information content (AvgIpc) is 2.79. The van der Waals surface area contributed by atoms with Crippen LogP contribution in [0.1, 0.15) is 37.3 Å². The van der Waals surface area contributed by atoms with Gasteiger partial charge in [-0.15, -0.1) is 0 Å². The van der Waals surface area contributed by atoms with Gasteiger partial charge in [0.2, 0.25) is 0 Å². The molecule has 0 amide bonds. The maximum absolute atomic E-state index is 9.57. The zero-order chi connectivity index (χ0) is 10.7. The van der Waals surface area contributed by atoms with Gasteiger partial charge in [-0.2, -0.15) is 0 Å². The van der Waals surface area contributed by atoms with Crippen LogP contribution in [0, 0.1) is 5.41 Å². The second-order valence-corrected chi connectivity index (χ2v) is 4.62. The highest BCUT2D eigenvalue weighted by Gasteiger charge is 2.39. The largest absolute Gasteiger partial charge is 0.396 e. The van der Waals surface area contributed by atoms with Crippen molar-refractivity contribution in [3.05, 3.63) is 35.9 Å². The first-order valence-corrected chi connectivity index (χ1v) is 5.70. The molecule has 3 N–H and O–H groups in total. The van der Waals surface area contributed by atoms with Gasteiger partial charge in [0.05, 0.1) is 6.61 Å². The normalized spacial score (nSPS) is 21.5. The third kappa shape index (κ3) is 1.92. The van der Waals surface area contributed by atoms with Gasteiger partial charge in [0.25, 0.3) is 0 Å². The monoisotopic (exact) mass is 205 g/mol. The fourth-order valence-corrected chi connectivity index (χ4v) is 2.66. The maximum Gasteiger partial charge on any atom is 0.0505 e. The molecule has 1 aliphatic rings. The van der Waals surface area contributed by atoms with Crippen molar-refractivity contribution >= 4 is 0 Å². The summed E-state index contributed by atoms with van der Waals surface area (Å²) in [5.41, 5.74) is 7.36. The minimum atomic E-state index is -0.0681. The summed E-state index contributed by atoms with van der Waals surface area (Å²) in [4.78, 5) is 0. The molecule has 1 atom stereocenters. The van der Waals surface area contributed by atoms with Gasteiger partial charge in [-0.05, 0) is 18.4 Å². The van der Waals surface area contributed by atoms with Gasteiger partial charge in [0, 0.05) is 11.5 Å². The van der Waals surface area contributed by atoms with E-state index in [4.69, 9.17) is 5.73 Å². The quantitative estimate of drug-likeness (QED) is 0.795. The predicted molar refractivity (Wildman–Crippen MR) is 61.4 cm³/mol. The number of rotatable bonds is 3. The van der Waals surface area contributed by atoms with Crippen LogP contribution in [0.2, 0.25) is 0 Å². The van der Waals surface area contributed by atoms with E-state index in [1.807, 2.05) is 18.2 Å². The lowest BCUT2D eigenvalue weighted by Crippen LogP contribution is -2.35. The Kier molecular flexibility index (Phi) is 3.08. The molecule has 1 unspecified atom stereocenters. The Labute approximate surface area is 91.1 Å². The van der Waals surface area contributed by atoms with E-state index in [2.05, 4.69) is 12.1 Å². The summed E-state index contributed by atoms with van der Waals surface area (Å²) in [7, 11) is 0. The number of hydrogen-bond donors (Lipinski definition) is 2. The smallest absolute Gasteiger partial charge is 0.0505 e. The van der Waals surface area contributed by atoms with E-state index in [1.54, 1.807) is 0 Å². The molecule has 15 heavy (non-hydrogen) atoms. The molecule has 1 aromatic carbocycles. The van der Waals surface area contributed by atoms with Crippen molar-refractivity contribution in [3.8, 4) is 0 Å². The highest BCUT2D eigenvalue weighted by atomic mass is 16.3. The van der Waals surface area contributed by atoms with Crippen LogP contribution < -0.4 is 5.73 Å². The number of aliphatic hydroxyl groups excluding tert-OH is 1. The molecule has 2 rings (SSSR count). The van der Waals surface area contributed by atoms with E-state index in [9.17, 15) is 5.11 Å². The van der Waals surface area contributed by atoms with E-state index < -0.39 is 0 Å². The number of hydrogen-bond acceptors (Lipinski definition) is 2. The number of aliphatic hydroxyl groups is 1. The molecule has 1 aromatic rings. The molecule has 0 spiro atoms. The first kappa shape index (κ1) is 10.7. The fourth-order valence-electron chi connectivity index (χ4n) is 2.66. The zero-order valence-electron chi connectivity index (χ0n) is 9.02. The summed E-state index contributed by atoms with van der Waals surface area (Å²) in [6, 6.07) is 10.1. The average molecular weight is 205 g/mol. The Bertz CT molecular complexity index is 304.